The van der Waals surface area contributed by atoms with Gasteiger partial charge in [0.15, 0.2) is 5.76 Å². The van der Waals surface area contributed by atoms with Gasteiger partial charge in [0.1, 0.15) is 18.5 Å². The number of rotatable bonds is 5. The molecule has 3 N–H and O–H groups in total. The van der Waals surface area contributed by atoms with E-state index in [0.717, 1.165) is 18.9 Å². The Balaban J connectivity index is 3.01. The second-order valence-electron chi connectivity index (χ2n) is 3.61. The van der Waals surface area contributed by atoms with E-state index in [-0.39, 0.29) is 11.5 Å². The third-order valence-electron chi connectivity index (χ3n) is 2.29. The first-order valence-corrected chi connectivity index (χ1v) is 5.25. The average molecular weight is 228 g/mol. The molecule has 0 aliphatic heterocycles. The van der Waals surface area contributed by atoms with Gasteiger partial charge in [-0.2, -0.15) is 0 Å². The second-order valence-corrected chi connectivity index (χ2v) is 3.61. The van der Waals surface area contributed by atoms with Gasteiger partial charge in [0.25, 0.3) is 0 Å². The van der Waals surface area contributed by atoms with Crippen LogP contribution in [0.25, 0.3) is 0 Å². The normalized spacial score (nSPS) is 12.7. The number of hydrogen-bond donors (Lipinski definition) is 3. The minimum absolute atomic E-state index is 0.0355. The zero-order chi connectivity index (χ0) is 12.1. The first-order valence-electron chi connectivity index (χ1n) is 5.25. The van der Waals surface area contributed by atoms with Crippen molar-refractivity contribution in [1.82, 2.24) is 0 Å². The van der Waals surface area contributed by atoms with Crippen LogP contribution >= 0.6 is 0 Å². The van der Waals surface area contributed by atoms with Gasteiger partial charge in [-0.25, -0.2) is 0 Å². The number of aliphatic hydroxyl groups is 2. The molecule has 0 fully saturated rings. The Morgan fingerprint density at radius 1 is 1.50 bits per heavy atom. The predicted molar refractivity (Wildman–Crippen MR) is 57.1 cm³/mol. The van der Waals surface area contributed by atoms with Crippen LogP contribution in [0.2, 0.25) is 0 Å². The molecular weight excluding hydrogens is 212 g/mol. The molecule has 5 nitrogen and oxygen atoms in total. The van der Waals surface area contributed by atoms with Gasteiger partial charge < -0.3 is 19.7 Å². The van der Waals surface area contributed by atoms with Gasteiger partial charge in [0.2, 0.25) is 11.2 Å². The number of hydrogen-bond acceptors (Lipinski definition) is 5. The molecule has 0 aliphatic rings. The predicted octanol–water partition coefficient (Wildman–Crippen LogP) is 1.06. The van der Waals surface area contributed by atoms with Crippen molar-refractivity contribution in [2.24, 2.45) is 0 Å². The molecule has 1 heterocycles. The fraction of sp³-hybridized carbons (Fsp3) is 0.545. The Morgan fingerprint density at radius 3 is 2.75 bits per heavy atom. The third kappa shape index (κ3) is 2.84. The van der Waals surface area contributed by atoms with Crippen molar-refractivity contribution in [2.75, 3.05) is 0 Å². The van der Waals surface area contributed by atoms with Gasteiger partial charge in [-0.05, 0) is 6.42 Å². The minimum Gasteiger partial charge on any atom is -0.502 e. The van der Waals surface area contributed by atoms with Gasteiger partial charge in [-0.15, -0.1) is 0 Å². The minimum atomic E-state index is -1.01. The zero-order valence-electron chi connectivity index (χ0n) is 9.14. The molecule has 16 heavy (non-hydrogen) atoms. The molecule has 1 aromatic rings. The van der Waals surface area contributed by atoms with E-state index in [1.807, 2.05) is 6.92 Å². The summed E-state index contributed by atoms with van der Waals surface area (Å²) in [5.41, 5.74) is -0.652. The maximum atomic E-state index is 11.3. The Kier molecular flexibility index (Phi) is 4.52. The summed E-state index contributed by atoms with van der Waals surface area (Å²) in [6, 6.07) is 1.01. The standard InChI is InChI=1S/C11H16O5/c1-2-3-4-8(13)11-10(15)9(14)5-7(6-12)16-11/h5,8,12-13,15H,2-4,6H2,1H3. The third-order valence-corrected chi connectivity index (χ3v) is 2.29. The van der Waals surface area contributed by atoms with Crippen LogP contribution in [-0.4, -0.2) is 15.3 Å². The number of unbranched alkanes of at least 4 members (excludes halogenated alkanes) is 1. The first kappa shape index (κ1) is 12.7. The molecule has 0 aliphatic carbocycles. The molecular formula is C11H16O5. The van der Waals surface area contributed by atoms with Crippen LogP contribution in [0.5, 0.6) is 5.75 Å². The van der Waals surface area contributed by atoms with E-state index in [0.29, 0.717) is 6.42 Å². The van der Waals surface area contributed by atoms with Crippen molar-refractivity contribution < 1.29 is 19.7 Å². The largest absolute Gasteiger partial charge is 0.502 e. The lowest BCUT2D eigenvalue weighted by Gasteiger charge is -2.11. The van der Waals surface area contributed by atoms with Gasteiger partial charge in [-0.1, -0.05) is 19.8 Å². The lowest BCUT2D eigenvalue weighted by molar-refractivity contribution is 0.121. The molecule has 5 heteroatoms. The topological polar surface area (TPSA) is 90.9 Å². The van der Waals surface area contributed by atoms with Crippen molar-refractivity contribution >= 4 is 0 Å². The Bertz CT molecular complexity index is 396. The lowest BCUT2D eigenvalue weighted by Crippen LogP contribution is -2.08. The molecule has 1 rings (SSSR count). The van der Waals surface area contributed by atoms with Gasteiger partial charge in [0.05, 0.1) is 0 Å². The van der Waals surface area contributed by atoms with E-state index >= 15 is 0 Å². The van der Waals surface area contributed by atoms with E-state index in [4.69, 9.17) is 9.52 Å². The highest BCUT2D eigenvalue weighted by Gasteiger charge is 2.18. The summed E-state index contributed by atoms with van der Waals surface area (Å²) in [5.74, 6) is -0.709. The summed E-state index contributed by atoms with van der Waals surface area (Å²) >= 11 is 0. The SMILES string of the molecule is CCCCC(O)c1oc(CO)cc(=O)c1O. The van der Waals surface area contributed by atoms with Crippen molar-refractivity contribution in [3.05, 3.63) is 27.8 Å². The van der Waals surface area contributed by atoms with Crippen LogP contribution in [-0.2, 0) is 6.61 Å². The van der Waals surface area contributed by atoms with E-state index in [1.54, 1.807) is 0 Å². The van der Waals surface area contributed by atoms with Crippen LogP contribution in [0.1, 0.15) is 43.8 Å². The summed E-state index contributed by atoms with van der Waals surface area (Å²) in [4.78, 5) is 11.3. The highest BCUT2D eigenvalue weighted by molar-refractivity contribution is 5.26. The molecule has 0 spiro atoms. The van der Waals surface area contributed by atoms with Gasteiger partial charge >= 0.3 is 0 Å². The maximum absolute atomic E-state index is 11.3. The highest BCUT2D eigenvalue weighted by atomic mass is 16.4. The van der Waals surface area contributed by atoms with Crippen LogP contribution in [0.3, 0.4) is 0 Å². The van der Waals surface area contributed by atoms with Gasteiger partial charge in [-0.3, -0.25) is 4.79 Å². The molecule has 90 valence electrons. The number of aliphatic hydroxyl groups excluding tert-OH is 2. The summed E-state index contributed by atoms with van der Waals surface area (Å²) < 4.78 is 5.05. The fourth-order valence-electron chi connectivity index (χ4n) is 1.39. The Labute approximate surface area is 93.0 Å². The van der Waals surface area contributed by atoms with Crippen LogP contribution in [0, 0.1) is 0 Å². The van der Waals surface area contributed by atoms with Crippen molar-refractivity contribution in [3.8, 4) is 5.75 Å². The maximum Gasteiger partial charge on any atom is 0.227 e. The van der Waals surface area contributed by atoms with Crippen molar-refractivity contribution in [1.29, 1.82) is 0 Å². The average Bonchev–Trinajstić information content (AvgIpc) is 2.29. The van der Waals surface area contributed by atoms with E-state index < -0.39 is 23.9 Å². The molecule has 0 amide bonds. The molecule has 0 aromatic carbocycles. The van der Waals surface area contributed by atoms with Crippen LogP contribution in [0.15, 0.2) is 15.3 Å². The molecule has 0 radical (unpaired) electrons. The van der Waals surface area contributed by atoms with Crippen LogP contribution < -0.4 is 5.43 Å². The summed E-state index contributed by atoms with van der Waals surface area (Å²) in [6.45, 7) is 1.52. The molecule has 0 saturated carbocycles. The summed E-state index contributed by atoms with van der Waals surface area (Å²) in [5, 5.41) is 28.0. The highest BCUT2D eigenvalue weighted by Crippen LogP contribution is 2.25. The summed E-state index contributed by atoms with van der Waals surface area (Å²) in [7, 11) is 0. The van der Waals surface area contributed by atoms with Gasteiger partial charge in [0, 0.05) is 6.07 Å². The first-order chi connectivity index (χ1) is 7.60. The van der Waals surface area contributed by atoms with Crippen molar-refractivity contribution in [3.63, 3.8) is 0 Å². The van der Waals surface area contributed by atoms with Crippen LogP contribution in [0.4, 0.5) is 0 Å². The molecule has 1 unspecified atom stereocenters. The second kappa shape index (κ2) is 5.67. The molecule has 0 bridgehead atoms. The summed E-state index contributed by atoms with van der Waals surface area (Å²) in [6.07, 6.45) is 1.04. The Morgan fingerprint density at radius 2 is 2.19 bits per heavy atom. The Hall–Kier alpha value is -1.33. The fourth-order valence-corrected chi connectivity index (χ4v) is 1.39. The number of aromatic hydroxyl groups is 1. The quantitative estimate of drug-likeness (QED) is 0.701. The molecule has 0 saturated heterocycles. The van der Waals surface area contributed by atoms with E-state index in [2.05, 4.69) is 0 Å². The monoisotopic (exact) mass is 228 g/mol. The van der Waals surface area contributed by atoms with Crippen molar-refractivity contribution in [2.45, 2.75) is 38.9 Å². The van der Waals surface area contributed by atoms with E-state index in [9.17, 15) is 15.0 Å². The lowest BCUT2D eigenvalue weighted by atomic mass is 10.1. The molecule has 1 atom stereocenters. The zero-order valence-corrected chi connectivity index (χ0v) is 9.14. The van der Waals surface area contributed by atoms with E-state index in [1.165, 1.54) is 0 Å². The smallest absolute Gasteiger partial charge is 0.227 e. The molecule has 1 aromatic heterocycles.